The number of rotatable bonds is 3. The topological polar surface area (TPSA) is 49.8 Å². The first-order valence-electron chi connectivity index (χ1n) is 2.52. The van der Waals surface area contributed by atoms with Gasteiger partial charge in [0.25, 0.3) is 0 Å². The molecule has 0 amide bonds. The maximum atomic E-state index is 12.0. The van der Waals surface area contributed by atoms with Crippen LogP contribution in [0, 0.1) is 11.3 Å². The van der Waals surface area contributed by atoms with Crippen LogP contribution < -0.4 is 5.73 Å². The zero-order valence-electron chi connectivity index (χ0n) is 4.60. The lowest BCUT2D eigenvalue weighted by Gasteiger charge is -1.97. The molecule has 8 heavy (non-hydrogen) atoms. The van der Waals surface area contributed by atoms with Crippen molar-refractivity contribution >= 4 is 0 Å². The molecule has 0 saturated heterocycles. The maximum absolute atomic E-state index is 12.0. The molecule has 46 valence electrons. The number of hydrogen-bond acceptors (Lipinski definition) is 2. The lowest BCUT2D eigenvalue weighted by molar-refractivity contribution is 0.325. The van der Waals surface area contributed by atoms with Gasteiger partial charge in [0.1, 0.15) is 6.17 Å². The summed E-state index contributed by atoms with van der Waals surface area (Å²) in [7, 11) is 0. The Hall–Kier alpha value is -0.620. The normalized spacial score (nSPS) is 12.6. The van der Waals surface area contributed by atoms with Gasteiger partial charge < -0.3 is 5.73 Å². The second-order valence-electron chi connectivity index (χ2n) is 1.53. The Labute approximate surface area is 48.1 Å². The van der Waals surface area contributed by atoms with Gasteiger partial charge in [-0.1, -0.05) is 0 Å². The summed E-state index contributed by atoms with van der Waals surface area (Å²) >= 11 is 0. The number of alkyl halides is 1. The van der Waals surface area contributed by atoms with Gasteiger partial charge >= 0.3 is 0 Å². The predicted molar refractivity (Wildman–Crippen MR) is 28.8 cm³/mol. The Kier molecular flexibility index (Phi) is 4.19. The van der Waals surface area contributed by atoms with Crippen molar-refractivity contribution < 1.29 is 4.39 Å². The standard InChI is InChI=1S/C5H9FN2/c6-5(4-8)2-1-3-7/h5H,1-2,4,8H2/t5-/m1/s1. The zero-order valence-corrected chi connectivity index (χ0v) is 4.60. The van der Waals surface area contributed by atoms with Crippen molar-refractivity contribution in [2.75, 3.05) is 6.54 Å². The van der Waals surface area contributed by atoms with Crippen LogP contribution in [-0.2, 0) is 0 Å². The highest BCUT2D eigenvalue weighted by molar-refractivity contribution is 4.71. The number of nitrogens with zero attached hydrogens (tertiary/aromatic N) is 1. The minimum atomic E-state index is -0.991. The van der Waals surface area contributed by atoms with E-state index in [4.69, 9.17) is 11.0 Å². The SMILES string of the molecule is N#CCC[C@@H](F)CN. The van der Waals surface area contributed by atoms with E-state index in [0.29, 0.717) is 0 Å². The summed E-state index contributed by atoms with van der Waals surface area (Å²) in [6.45, 7) is 0.0294. The molecule has 1 atom stereocenters. The van der Waals surface area contributed by atoms with Crippen molar-refractivity contribution in [3.05, 3.63) is 0 Å². The van der Waals surface area contributed by atoms with Crippen LogP contribution in [0.15, 0.2) is 0 Å². The van der Waals surface area contributed by atoms with Crippen molar-refractivity contribution in [2.45, 2.75) is 19.0 Å². The summed E-state index contributed by atoms with van der Waals surface area (Å²) in [6, 6.07) is 1.84. The van der Waals surface area contributed by atoms with Crippen molar-refractivity contribution in [2.24, 2.45) is 5.73 Å². The van der Waals surface area contributed by atoms with E-state index >= 15 is 0 Å². The summed E-state index contributed by atoms with van der Waals surface area (Å²) in [6.07, 6.45) is -0.458. The molecule has 0 aromatic carbocycles. The van der Waals surface area contributed by atoms with Gasteiger partial charge in [0.05, 0.1) is 6.07 Å². The van der Waals surface area contributed by atoms with Crippen LogP contribution in [0.3, 0.4) is 0 Å². The highest BCUT2D eigenvalue weighted by atomic mass is 19.1. The Morgan fingerprint density at radius 3 is 2.75 bits per heavy atom. The van der Waals surface area contributed by atoms with Gasteiger partial charge in [-0.15, -0.1) is 0 Å². The van der Waals surface area contributed by atoms with Crippen LogP contribution in [0.2, 0.25) is 0 Å². The molecule has 0 unspecified atom stereocenters. The monoisotopic (exact) mass is 116 g/mol. The largest absolute Gasteiger partial charge is 0.328 e. The minimum Gasteiger partial charge on any atom is -0.328 e. The third-order valence-corrected chi connectivity index (χ3v) is 0.825. The highest BCUT2D eigenvalue weighted by Crippen LogP contribution is 1.97. The van der Waals surface area contributed by atoms with E-state index in [1.807, 2.05) is 6.07 Å². The molecule has 0 aromatic heterocycles. The van der Waals surface area contributed by atoms with Gasteiger partial charge in [0, 0.05) is 13.0 Å². The molecule has 0 heterocycles. The van der Waals surface area contributed by atoms with Crippen LogP contribution in [0.5, 0.6) is 0 Å². The van der Waals surface area contributed by atoms with Crippen LogP contribution in [0.25, 0.3) is 0 Å². The number of nitriles is 1. The smallest absolute Gasteiger partial charge is 0.113 e. The molecule has 0 aromatic rings. The van der Waals surface area contributed by atoms with Crippen molar-refractivity contribution in [1.82, 2.24) is 0 Å². The molecule has 0 aliphatic heterocycles. The molecule has 0 bridgehead atoms. The number of hydrogen-bond donors (Lipinski definition) is 1. The third kappa shape index (κ3) is 3.57. The van der Waals surface area contributed by atoms with E-state index in [2.05, 4.69) is 0 Å². The van der Waals surface area contributed by atoms with Gasteiger partial charge in [-0.05, 0) is 6.42 Å². The van der Waals surface area contributed by atoms with Crippen molar-refractivity contribution in [1.29, 1.82) is 5.26 Å². The lowest BCUT2D eigenvalue weighted by atomic mass is 10.2. The Morgan fingerprint density at radius 1 is 1.75 bits per heavy atom. The molecule has 0 rings (SSSR count). The van der Waals surface area contributed by atoms with Crippen LogP contribution in [0.1, 0.15) is 12.8 Å². The van der Waals surface area contributed by atoms with Gasteiger partial charge in [-0.2, -0.15) is 5.26 Å². The van der Waals surface area contributed by atoms with Crippen molar-refractivity contribution in [3.63, 3.8) is 0 Å². The predicted octanol–water partition coefficient (Wildman–Crippen LogP) is 0.587. The fourth-order valence-corrected chi connectivity index (χ4v) is 0.339. The van der Waals surface area contributed by atoms with Crippen molar-refractivity contribution in [3.8, 4) is 6.07 Å². The van der Waals surface area contributed by atoms with Crippen LogP contribution in [0.4, 0.5) is 4.39 Å². The van der Waals surface area contributed by atoms with E-state index in [-0.39, 0.29) is 19.4 Å². The average Bonchev–Trinajstić information content (AvgIpc) is 1.83. The third-order valence-electron chi connectivity index (χ3n) is 0.825. The number of halogens is 1. The fraction of sp³-hybridized carbons (Fsp3) is 0.800. The molecule has 0 fully saturated rings. The molecule has 0 saturated carbocycles. The van der Waals surface area contributed by atoms with Gasteiger partial charge in [0.15, 0.2) is 0 Å². The summed E-state index contributed by atoms with van der Waals surface area (Å²) in [5.74, 6) is 0. The highest BCUT2D eigenvalue weighted by Gasteiger charge is 2.00. The quantitative estimate of drug-likeness (QED) is 0.586. The number of nitrogens with two attached hydrogens (primary N) is 1. The zero-order chi connectivity index (χ0) is 6.41. The Bertz CT molecular complexity index is 86.9. The van der Waals surface area contributed by atoms with Crippen LogP contribution in [-0.4, -0.2) is 12.7 Å². The molecular weight excluding hydrogens is 107 g/mol. The molecule has 0 aliphatic carbocycles. The van der Waals surface area contributed by atoms with E-state index in [0.717, 1.165) is 0 Å². The summed E-state index contributed by atoms with van der Waals surface area (Å²) in [4.78, 5) is 0. The lowest BCUT2D eigenvalue weighted by Crippen LogP contribution is -2.14. The van der Waals surface area contributed by atoms with E-state index < -0.39 is 6.17 Å². The van der Waals surface area contributed by atoms with E-state index in [1.165, 1.54) is 0 Å². The van der Waals surface area contributed by atoms with Crippen LogP contribution >= 0.6 is 0 Å². The summed E-state index contributed by atoms with van der Waals surface area (Å²) < 4.78 is 12.0. The average molecular weight is 116 g/mol. The minimum absolute atomic E-state index is 0.0294. The molecule has 2 N–H and O–H groups in total. The molecule has 0 aliphatic rings. The maximum Gasteiger partial charge on any atom is 0.113 e. The van der Waals surface area contributed by atoms with Gasteiger partial charge in [0.2, 0.25) is 0 Å². The molecule has 2 nitrogen and oxygen atoms in total. The van der Waals surface area contributed by atoms with E-state index in [9.17, 15) is 4.39 Å². The van der Waals surface area contributed by atoms with E-state index in [1.54, 1.807) is 0 Å². The molecule has 3 heteroatoms. The first-order valence-corrected chi connectivity index (χ1v) is 2.52. The molecule has 0 radical (unpaired) electrons. The van der Waals surface area contributed by atoms with Gasteiger partial charge in [-0.3, -0.25) is 0 Å². The Morgan fingerprint density at radius 2 is 2.38 bits per heavy atom. The fourth-order valence-electron chi connectivity index (χ4n) is 0.339. The summed E-state index contributed by atoms with van der Waals surface area (Å²) in [5.41, 5.74) is 4.93. The first kappa shape index (κ1) is 7.38. The second kappa shape index (κ2) is 4.54. The summed E-state index contributed by atoms with van der Waals surface area (Å²) in [5, 5.41) is 7.95. The van der Waals surface area contributed by atoms with Gasteiger partial charge in [-0.25, -0.2) is 4.39 Å². The Balaban J connectivity index is 3.01. The first-order chi connectivity index (χ1) is 3.81. The molecule has 0 spiro atoms. The second-order valence-corrected chi connectivity index (χ2v) is 1.53. The molecular formula is C5H9FN2.